The molecule has 1 heterocycles. The van der Waals surface area contributed by atoms with E-state index >= 15 is 0 Å². The van der Waals surface area contributed by atoms with E-state index in [1.54, 1.807) is 11.3 Å². The Morgan fingerprint density at radius 3 is 2.78 bits per heavy atom. The minimum Gasteiger partial charge on any atom is -0.481 e. The first kappa shape index (κ1) is 12.8. The zero-order chi connectivity index (χ0) is 13.0. The highest BCUT2D eigenvalue weighted by Crippen LogP contribution is 2.28. The van der Waals surface area contributed by atoms with Crippen LogP contribution in [0.4, 0.5) is 0 Å². The van der Waals surface area contributed by atoms with Crippen LogP contribution in [0.15, 0.2) is 41.8 Å². The van der Waals surface area contributed by atoms with Gasteiger partial charge in [-0.25, -0.2) is 0 Å². The number of aliphatic carboxylic acids is 1. The average molecular weight is 260 g/mol. The predicted molar refractivity (Wildman–Crippen MR) is 74.2 cm³/mol. The molecule has 94 valence electrons. The molecule has 0 aliphatic heterocycles. The monoisotopic (exact) mass is 260 g/mol. The number of aryl methyl sites for hydroxylation is 1. The number of rotatable bonds is 5. The SMILES string of the molecule is Cc1cccc(CC(CC(=O)O)c2cccs2)c1. The van der Waals surface area contributed by atoms with Crippen molar-refractivity contribution >= 4 is 17.3 Å². The molecule has 2 rings (SSSR count). The number of carbonyl (C=O) groups is 1. The van der Waals surface area contributed by atoms with E-state index < -0.39 is 5.97 Å². The van der Waals surface area contributed by atoms with Crippen LogP contribution in [0.3, 0.4) is 0 Å². The summed E-state index contributed by atoms with van der Waals surface area (Å²) in [6, 6.07) is 12.3. The molecule has 2 nitrogen and oxygen atoms in total. The van der Waals surface area contributed by atoms with E-state index in [0.29, 0.717) is 0 Å². The van der Waals surface area contributed by atoms with E-state index in [1.165, 1.54) is 11.1 Å². The van der Waals surface area contributed by atoms with Gasteiger partial charge in [0.25, 0.3) is 0 Å². The van der Waals surface area contributed by atoms with Gasteiger partial charge in [-0.15, -0.1) is 11.3 Å². The van der Waals surface area contributed by atoms with Crippen molar-refractivity contribution < 1.29 is 9.90 Å². The van der Waals surface area contributed by atoms with Crippen LogP contribution in [0.2, 0.25) is 0 Å². The first-order valence-corrected chi connectivity index (χ1v) is 6.84. The van der Waals surface area contributed by atoms with E-state index in [9.17, 15) is 4.79 Å². The van der Waals surface area contributed by atoms with Gasteiger partial charge in [0, 0.05) is 10.8 Å². The maximum absolute atomic E-state index is 11.0. The molecule has 18 heavy (non-hydrogen) atoms. The Balaban J connectivity index is 2.17. The van der Waals surface area contributed by atoms with Crippen LogP contribution in [0, 0.1) is 6.92 Å². The van der Waals surface area contributed by atoms with Gasteiger partial charge in [-0.2, -0.15) is 0 Å². The van der Waals surface area contributed by atoms with Gasteiger partial charge < -0.3 is 5.11 Å². The van der Waals surface area contributed by atoms with Gasteiger partial charge in [0.1, 0.15) is 0 Å². The van der Waals surface area contributed by atoms with E-state index in [-0.39, 0.29) is 12.3 Å². The molecule has 3 heteroatoms. The van der Waals surface area contributed by atoms with Crippen LogP contribution in [-0.2, 0) is 11.2 Å². The summed E-state index contributed by atoms with van der Waals surface area (Å²) in [5.74, 6) is -0.662. The second kappa shape index (κ2) is 5.83. The van der Waals surface area contributed by atoms with Crippen molar-refractivity contribution in [1.82, 2.24) is 0 Å². The summed E-state index contributed by atoms with van der Waals surface area (Å²) in [6.45, 7) is 2.06. The van der Waals surface area contributed by atoms with E-state index in [0.717, 1.165) is 11.3 Å². The zero-order valence-corrected chi connectivity index (χ0v) is 11.1. The Morgan fingerprint density at radius 1 is 1.33 bits per heavy atom. The van der Waals surface area contributed by atoms with Gasteiger partial charge >= 0.3 is 5.97 Å². The smallest absolute Gasteiger partial charge is 0.304 e. The van der Waals surface area contributed by atoms with Crippen molar-refractivity contribution in [3.63, 3.8) is 0 Å². The zero-order valence-electron chi connectivity index (χ0n) is 10.3. The summed E-state index contributed by atoms with van der Waals surface area (Å²) >= 11 is 1.63. The molecule has 1 aromatic carbocycles. The number of benzene rings is 1. The van der Waals surface area contributed by atoms with Crippen LogP contribution in [0.1, 0.15) is 28.3 Å². The molecular weight excluding hydrogens is 244 g/mol. The molecule has 0 saturated heterocycles. The number of hydrogen-bond donors (Lipinski definition) is 1. The Hall–Kier alpha value is -1.61. The van der Waals surface area contributed by atoms with Gasteiger partial charge in [0.05, 0.1) is 6.42 Å². The highest BCUT2D eigenvalue weighted by Gasteiger charge is 2.17. The summed E-state index contributed by atoms with van der Waals surface area (Å²) in [5, 5.41) is 11.0. The third-order valence-electron chi connectivity index (χ3n) is 2.93. The topological polar surface area (TPSA) is 37.3 Å². The molecule has 0 spiro atoms. The van der Waals surface area contributed by atoms with E-state index in [1.807, 2.05) is 23.6 Å². The predicted octanol–water partition coefficient (Wildman–Crippen LogP) is 3.86. The fourth-order valence-corrected chi connectivity index (χ4v) is 2.96. The Morgan fingerprint density at radius 2 is 2.17 bits per heavy atom. The molecule has 1 unspecified atom stereocenters. The van der Waals surface area contributed by atoms with Crippen molar-refractivity contribution in [2.75, 3.05) is 0 Å². The summed E-state index contributed by atoms with van der Waals surface area (Å²) in [4.78, 5) is 12.1. The molecule has 0 saturated carbocycles. The van der Waals surface area contributed by atoms with Crippen molar-refractivity contribution in [2.24, 2.45) is 0 Å². The number of carboxylic acid groups (broad SMARTS) is 1. The number of thiophene rings is 1. The third-order valence-corrected chi connectivity index (χ3v) is 3.97. The normalized spacial score (nSPS) is 12.3. The quantitative estimate of drug-likeness (QED) is 0.886. The van der Waals surface area contributed by atoms with Crippen LogP contribution in [0.5, 0.6) is 0 Å². The van der Waals surface area contributed by atoms with Gasteiger partial charge in [0.15, 0.2) is 0 Å². The molecule has 0 bridgehead atoms. The number of carboxylic acids is 1. The maximum Gasteiger partial charge on any atom is 0.304 e. The van der Waals surface area contributed by atoms with E-state index in [2.05, 4.69) is 25.1 Å². The van der Waals surface area contributed by atoms with Crippen molar-refractivity contribution in [2.45, 2.75) is 25.7 Å². The standard InChI is InChI=1S/C15H16O2S/c1-11-4-2-5-12(8-11)9-13(10-15(16)17)14-6-3-7-18-14/h2-8,13H,9-10H2,1H3,(H,16,17). The second-order valence-corrected chi connectivity index (χ2v) is 5.48. The molecule has 2 aromatic rings. The lowest BCUT2D eigenvalue weighted by Crippen LogP contribution is -2.08. The summed E-state index contributed by atoms with van der Waals surface area (Å²) < 4.78 is 0. The largest absolute Gasteiger partial charge is 0.481 e. The van der Waals surface area contributed by atoms with Crippen molar-refractivity contribution in [1.29, 1.82) is 0 Å². The minimum absolute atomic E-state index is 0.0734. The van der Waals surface area contributed by atoms with Crippen LogP contribution in [-0.4, -0.2) is 11.1 Å². The Labute approximate surface area is 111 Å². The van der Waals surface area contributed by atoms with Gasteiger partial charge in [-0.05, 0) is 30.4 Å². The molecule has 0 aliphatic carbocycles. The lowest BCUT2D eigenvalue weighted by Gasteiger charge is -2.13. The van der Waals surface area contributed by atoms with Gasteiger partial charge in [0.2, 0.25) is 0 Å². The molecule has 0 amide bonds. The second-order valence-electron chi connectivity index (χ2n) is 4.50. The molecular formula is C15H16O2S. The molecule has 1 aromatic heterocycles. The Bertz CT molecular complexity index is 517. The summed E-state index contributed by atoms with van der Waals surface area (Å²) in [7, 11) is 0. The van der Waals surface area contributed by atoms with Crippen LogP contribution in [0.25, 0.3) is 0 Å². The van der Waals surface area contributed by atoms with Crippen LogP contribution < -0.4 is 0 Å². The highest BCUT2D eigenvalue weighted by molar-refractivity contribution is 7.10. The summed E-state index contributed by atoms with van der Waals surface area (Å²) in [5.41, 5.74) is 2.42. The van der Waals surface area contributed by atoms with Crippen molar-refractivity contribution in [3.8, 4) is 0 Å². The fourth-order valence-electron chi connectivity index (χ4n) is 2.13. The lowest BCUT2D eigenvalue weighted by molar-refractivity contribution is -0.137. The van der Waals surface area contributed by atoms with Gasteiger partial charge in [-0.1, -0.05) is 35.9 Å². The highest BCUT2D eigenvalue weighted by atomic mass is 32.1. The lowest BCUT2D eigenvalue weighted by atomic mass is 9.94. The Kier molecular flexibility index (Phi) is 4.15. The fraction of sp³-hybridized carbons (Fsp3) is 0.267. The number of hydrogen-bond acceptors (Lipinski definition) is 2. The molecule has 0 fully saturated rings. The minimum atomic E-state index is -0.735. The first-order valence-electron chi connectivity index (χ1n) is 5.96. The summed E-state index contributed by atoms with van der Waals surface area (Å²) in [6.07, 6.45) is 0.975. The van der Waals surface area contributed by atoms with Crippen molar-refractivity contribution in [3.05, 3.63) is 57.8 Å². The average Bonchev–Trinajstić information content (AvgIpc) is 2.80. The molecule has 0 aliphatic rings. The van der Waals surface area contributed by atoms with Gasteiger partial charge in [-0.3, -0.25) is 4.79 Å². The molecule has 1 N–H and O–H groups in total. The first-order chi connectivity index (χ1) is 8.65. The van der Waals surface area contributed by atoms with E-state index in [4.69, 9.17) is 5.11 Å². The maximum atomic E-state index is 11.0. The third kappa shape index (κ3) is 3.44. The molecule has 1 atom stereocenters. The molecule has 0 radical (unpaired) electrons. The van der Waals surface area contributed by atoms with Crippen LogP contribution >= 0.6 is 11.3 Å².